The Labute approximate surface area is 121 Å². The first kappa shape index (κ1) is 13.2. The molecule has 1 fully saturated rings. The van der Waals surface area contributed by atoms with Gasteiger partial charge in [0, 0.05) is 6.54 Å². The van der Waals surface area contributed by atoms with Crippen molar-refractivity contribution < 1.29 is 4.74 Å². The van der Waals surface area contributed by atoms with Gasteiger partial charge in [-0.05, 0) is 43.6 Å². The molecule has 0 saturated carbocycles. The summed E-state index contributed by atoms with van der Waals surface area (Å²) in [6, 6.07) is 20.7. The minimum absolute atomic E-state index is 0.108. The average Bonchev–Trinajstić information content (AvgIpc) is 3.02. The van der Waals surface area contributed by atoms with Crippen LogP contribution >= 0.6 is 0 Å². The van der Waals surface area contributed by atoms with Crippen molar-refractivity contribution in [1.29, 1.82) is 0 Å². The van der Waals surface area contributed by atoms with Crippen molar-refractivity contribution in [2.24, 2.45) is 0 Å². The van der Waals surface area contributed by atoms with Crippen molar-refractivity contribution in [3.05, 3.63) is 66.2 Å². The van der Waals surface area contributed by atoms with Gasteiger partial charge in [0.15, 0.2) is 0 Å². The van der Waals surface area contributed by atoms with Crippen LogP contribution in [0.15, 0.2) is 60.7 Å². The van der Waals surface area contributed by atoms with Crippen molar-refractivity contribution in [3.63, 3.8) is 0 Å². The summed E-state index contributed by atoms with van der Waals surface area (Å²) in [5.74, 6) is 0.945. The molecule has 104 valence electrons. The normalized spacial score (nSPS) is 17.0. The predicted octanol–water partition coefficient (Wildman–Crippen LogP) is 3.90. The molecule has 0 spiro atoms. The zero-order chi connectivity index (χ0) is 13.6. The molecule has 2 nitrogen and oxygen atoms in total. The van der Waals surface area contributed by atoms with Crippen molar-refractivity contribution in [2.45, 2.75) is 18.9 Å². The summed E-state index contributed by atoms with van der Waals surface area (Å²) >= 11 is 0. The molecule has 0 N–H and O–H groups in total. The van der Waals surface area contributed by atoms with E-state index >= 15 is 0 Å². The molecule has 3 rings (SSSR count). The highest BCUT2D eigenvalue weighted by Crippen LogP contribution is 2.24. The maximum atomic E-state index is 6.22. The second-order valence-corrected chi connectivity index (χ2v) is 5.34. The minimum atomic E-state index is 0.108. The number of nitrogens with zero attached hydrogens (tertiary/aromatic N) is 1. The SMILES string of the molecule is c1ccc(OC(CN2CCCC2)c2ccccc2)cc1. The number of hydrogen-bond donors (Lipinski definition) is 0. The first-order valence-corrected chi connectivity index (χ1v) is 7.41. The predicted molar refractivity (Wildman–Crippen MR) is 81.9 cm³/mol. The molecule has 0 amide bonds. The summed E-state index contributed by atoms with van der Waals surface area (Å²) in [7, 11) is 0. The summed E-state index contributed by atoms with van der Waals surface area (Å²) < 4.78 is 6.22. The zero-order valence-corrected chi connectivity index (χ0v) is 11.7. The van der Waals surface area contributed by atoms with Gasteiger partial charge in [0.05, 0.1) is 0 Å². The molecule has 2 aromatic rings. The standard InChI is InChI=1S/C18H21NO/c1-3-9-16(10-4-1)18(15-19-13-7-8-14-19)20-17-11-5-2-6-12-17/h1-6,9-12,18H,7-8,13-15H2. The monoisotopic (exact) mass is 267 g/mol. The van der Waals surface area contributed by atoms with Crippen molar-refractivity contribution in [1.82, 2.24) is 4.90 Å². The first-order valence-electron chi connectivity index (χ1n) is 7.41. The van der Waals surface area contributed by atoms with Gasteiger partial charge < -0.3 is 4.74 Å². The molecule has 0 aromatic heterocycles. The molecule has 1 unspecified atom stereocenters. The first-order chi connectivity index (χ1) is 9.92. The van der Waals surface area contributed by atoms with Gasteiger partial charge in [-0.25, -0.2) is 0 Å². The summed E-state index contributed by atoms with van der Waals surface area (Å²) in [4.78, 5) is 2.50. The van der Waals surface area contributed by atoms with E-state index in [2.05, 4.69) is 35.2 Å². The maximum Gasteiger partial charge on any atom is 0.136 e. The summed E-state index contributed by atoms with van der Waals surface area (Å²) in [6.07, 6.45) is 2.73. The van der Waals surface area contributed by atoms with E-state index in [1.165, 1.54) is 31.5 Å². The number of likely N-dealkylation sites (tertiary alicyclic amines) is 1. The molecule has 1 heterocycles. The fourth-order valence-corrected chi connectivity index (χ4v) is 2.74. The van der Waals surface area contributed by atoms with Crippen LogP contribution in [0.25, 0.3) is 0 Å². The van der Waals surface area contributed by atoms with Crippen LogP contribution in [0.1, 0.15) is 24.5 Å². The molecule has 0 bridgehead atoms. The van der Waals surface area contributed by atoms with Crippen LogP contribution in [0.4, 0.5) is 0 Å². The van der Waals surface area contributed by atoms with Crippen molar-refractivity contribution >= 4 is 0 Å². The number of para-hydroxylation sites is 1. The Hall–Kier alpha value is -1.80. The van der Waals surface area contributed by atoms with Gasteiger partial charge in [-0.3, -0.25) is 4.90 Å². The number of benzene rings is 2. The average molecular weight is 267 g/mol. The second-order valence-electron chi connectivity index (χ2n) is 5.34. The smallest absolute Gasteiger partial charge is 0.136 e. The highest BCUT2D eigenvalue weighted by molar-refractivity contribution is 5.24. The third-order valence-electron chi connectivity index (χ3n) is 3.82. The topological polar surface area (TPSA) is 12.5 Å². The van der Waals surface area contributed by atoms with E-state index < -0.39 is 0 Å². The van der Waals surface area contributed by atoms with Crippen LogP contribution in [0.3, 0.4) is 0 Å². The van der Waals surface area contributed by atoms with Gasteiger partial charge in [-0.2, -0.15) is 0 Å². The molecular formula is C18H21NO. The number of ether oxygens (including phenoxy) is 1. The number of rotatable bonds is 5. The van der Waals surface area contributed by atoms with Gasteiger partial charge in [-0.1, -0.05) is 48.5 Å². The van der Waals surface area contributed by atoms with Crippen molar-refractivity contribution in [2.75, 3.05) is 19.6 Å². The van der Waals surface area contributed by atoms with E-state index in [4.69, 9.17) is 4.74 Å². The molecule has 1 atom stereocenters. The Morgan fingerprint density at radius 3 is 2.10 bits per heavy atom. The lowest BCUT2D eigenvalue weighted by molar-refractivity contribution is 0.148. The van der Waals surface area contributed by atoms with E-state index in [-0.39, 0.29) is 6.10 Å². The minimum Gasteiger partial charge on any atom is -0.484 e. The fourth-order valence-electron chi connectivity index (χ4n) is 2.74. The van der Waals surface area contributed by atoms with Crippen molar-refractivity contribution in [3.8, 4) is 5.75 Å². The quantitative estimate of drug-likeness (QED) is 0.814. The largest absolute Gasteiger partial charge is 0.484 e. The fraction of sp³-hybridized carbons (Fsp3) is 0.333. The summed E-state index contributed by atoms with van der Waals surface area (Å²) in [6.45, 7) is 3.36. The van der Waals surface area contributed by atoms with Gasteiger partial charge in [-0.15, -0.1) is 0 Å². The second kappa shape index (κ2) is 6.58. The molecule has 1 aliphatic rings. The highest BCUT2D eigenvalue weighted by Gasteiger charge is 2.20. The Morgan fingerprint density at radius 1 is 0.850 bits per heavy atom. The maximum absolute atomic E-state index is 6.22. The molecule has 20 heavy (non-hydrogen) atoms. The van der Waals surface area contributed by atoms with Gasteiger partial charge in [0.25, 0.3) is 0 Å². The lowest BCUT2D eigenvalue weighted by atomic mass is 10.1. The summed E-state index contributed by atoms with van der Waals surface area (Å²) in [5.41, 5.74) is 1.25. The molecule has 2 heteroatoms. The van der Waals surface area contributed by atoms with E-state index in [0.717, 1.165) is 12.3 Å². The summed E-state index contributed by atoms with van der Waals surface area (Å²) in [5, 5.41) is 0. The molecule has 1 saturated heterocycles. The van der Waals surface area contributed by atoms with Crippen LogP contribution < -0.4 is 4.74 Å². The molecular weight excluding hydrogens is 246 g/mol. The zero-order valence-electron chi connectivity index (χ0n) is 11.7. The Balaban J connectivity index is 1.76. The third-order valence-corrected chi connectivity index (χ3v) is 3.82. The van der Waals surface area contributed by atoms with Gasteiger partial charge in [0.1, 0.15) is 11.9 Å². The van der Waals surface area contributed by atoms with Gasteiger partial charge >= 0.3 is 0 Å². The Bertz CT molecular complexity index is 505. The van der Waals surface area contributed by atoms with Crippen LogP contribution in [0.2, 0.25) is 0 Å². The molecule has 0 radical (unpaired) electrons. The highest BCUT2D eigenvalue weighted by atomic mass is 16.5. The lowest BCUT2D eigenvalue weighted by Crippen LogP contribution is -2.28. The number of hydrogen-bond acceptors (Lipinski definition) is 2. The lowest BCUT2D eigenvalue weighted by Gasteiger charge is -2.25. The Kier molecular flexibility index (Phi) is 4.34. The van der Waals surface area contributed by atoms with Gasteiger partial charge in [0.2, 0.25) is 0 Å². The van der Waals surface area contributed by atoms with E-state index in [9.17, 15) is 0 Å². The molecule has 0 aliphatic carbocycles. The van der Waals surface area contributed by atoms with Crippen LogP contribution in [0.5, 0.6) is 5.75 Å². The van der Waals surface area contributed by atoms with Crippen LogP contribution in [-0.4, -0.2) is 24.5 Å². The third kappa shape index (κ3) is 3.40. The van der Waals surface area contributed by atoms with Crippen LogP contribution in [-0.2, 0) is 0 Å². The molecule has 2 aromatic carbocycles. The van der Waals surface area contributed by atoms with E-state index in [1.54, 1.807) is 0 Å². The van der Waals surface area contributed by atoms with Crippen LogP contribution in [0, 0.1) is 0 Å². The van der Waals surface area contributed by atoms with E-state index in [0.29, 0.717) is 0 Å². The Morgan fingerprint density at radius 2 is 1.45 bits per heavy atom. The van der Waals surface area contributed by atoms with E-state index in [1.807, 2.05) is 30.3 Å². The molecule has 1 aliphatic heterocycles.